The van der Waals surface area contributed by atoms with Crippen molar-refractivity contribution in [2.75, 3.05) is 0 Å². The maximum Gasteiger partial charge on any atom is 0.337 e. The average Bonchev–Trinajstić information content (AvgIpc) is 2.85. The molecule has 0 unspecified atom stereocenters. The van der Waals surface area contributed by atoms with E-state index in [9.17, 15) is 13.2 Å². The molecule has 1 aromatic carbocycles. The highest BCUT2D eigenvalue weighted by Gasteiger charge is 2.21. The minimum absolute atomic E-state index is 0.0229. The first-order valence-electron chi connectivity index (χ1n) is 5.90. The quantitative estimate of drug-likeness (QED) is 0.891. The molecule has 1 heterocycles. The fourth-order valence-electron chi connectivity index (χ4n) is 1.60. The topological polar surface area (TPSA) is 110 Å². The molecule has 0 aliphatic rings. The summed E-state index contributed by atoms with van der Waals surface area (Å²) in [7, 11) is -3.75. The van der Waals surface area contributed by atoms with Crippen molar-refractivity contribution in [3.63, 3.8) is 0 Å². The van der Waals surface area contributed by atoms with Crippen LogP contribution in [0.1, 0.15) is 29.0 Å². The van der Waals surface area contributed by atoms with Crippen LogP contribution in [0.15, 0.2) is 27.6 Å². The van der Waals surface area contributed by atoms with Gasteiger partial charge in [0.1, 0.15) is 5.75 Å². The smallest absolute Gasteiger partial charge is 0.337 e. The van der Waals surface area contributed by atoms with Gasteiger partial charge in [-0.1, -0.05) is 23.7 Å². The van der Waals surface area contributed by atoms with Gasteiger partial charge in [-0.25, -0.2) is 13.2 Å². The molecule has 0 saturated carbocycles. The Kier molecular flexibility index (Phi) is 4.29. The van der Waals surface area contributed by atoms with Gasteiger partial charge < -0.3 is 9.63 Å². The predicted octanol–water partition coefficient (Wildman–Crippen LogP) is 1.96. The molecule has 0 fully saturated rings. The SMILES string of the molecule is CCc1noc(CS(=O)(=O)c2ccc(C(=O)O)c(Cl)c2)n1. The summed E-state index contributed by atoms with van der Waals surface area (Å²) in [5.74, 6) is -1.30. The highest BCUT2D eigenvalue weighted by Crippen LogP contribution is 2.23. The number of aryl methyl sites for hydroxylation is 1. The van der Waals surface area contributed by atoms with Gasteiger partial charge in [-0.15, -0.1) is 0 Å². The van der Waals surface area contributed by atoms with E-state index in [1.165, 1.54) is 6.07 Å². The summed E-state index contributed by atoms with van der Waals surface area (Å²) in [6, 6.07) is 3.42. The summed E-state index contributed by atoms with van der Waals surface area (Å²) in [5, 5.41) is 12.3. The Bertz CT molecular complexity index is 785. The average molecular weight is 331 g/mol. The standard InChI is InChI=1S/C12H11ClN2O5S/c1-2-10-14-11(20-15-10)6-21(18,19)7-3-4-8(12(16)17)9(13)5-7/h3-5H,2,6H2,1H3,(H,16,17). The Morgan fingerprint density at radius 2 is 2.14 bits per heavy atom. The molecule has 0 aliphatic heterocycles. The number of hydrogen-bond acceptors (Lipinski definition) is 6. The molecule has 2 rings (SSSR count). The number of carbonyl (C=O) groups is 1. The van der Waals surface area contributed by atoms with Crippen molar-refractivity contribution in [2.45, 2.75) is 24.0 Å². The van der Waals surface area contributed by atoms with Crippen LogP contribution in [0.2, 0.25) is 5.02 Å². The van der Waals surface area contributed by atoms with Crippen molar-refractivity contribution < 1.29 is 22.8 Å². The summed E-state index contributed by atoms with van der Waals surface area (Å²) >= 11 is 5.76. The second kappa shape index (κ2) is 5.82. The maximum atomic E-state index is 12.2. The molecule has 1 N–H and O–H groups in total. The molecule has 7 nitrogen and oxygen atoms in total. The van der Waals surface area contributed by atoms with E-state index in [1.807, 2.05) is 6.92 Å². The predicted molar refractivity (Wildman–Crippen MR) is 73.0 cm³/mol. The fourth-order valence-corrected chi connectivity index (χ4v) is 3.11. The Morgan fingerprint density at radius 3 is 2.67 bits per heavy atom. The summed E-state index contributed by atoms with van der Waals surface area (Å²) in [6.45, 7) is 1.81. The van der Waals surface area contributed by atoms with Crippen molar-refractivity contribution >= 4 is 27.4 Å². The van der Waals surface area contributed by atoms with Crippen LogP contribution in [0.4, 0.5) is 0 Å². The van der Waals surface area contributed by atoms with Crippen LogP contribution in [0, 0.1) is 0 Å². The van der Waals surface area contributed by atoms with E-state index in [1.54, 1.807) is 0 Å². The van der Waals surface area contributed by atoms with Gasteiger partial charge in [-0.3, -0.25) is 0 Å². The van der Waals surface area contributed by atoms with Crippen molar-refractivity contribution in [3.8, 4) is 0 Å². The van der Waals surface area contributed by atoms with Gasteiger partial charge in [0.2, 0.25) is 5.89 Å². The molecule has 0 spiro atoms. The number of aromatic carboxylic acids is 1. The number of benzene rings is 1. The van der Waals surface area contributed by atoms with Gasteiger partial charge in [-0.05, 0) is 18.2 Å². The number of rotatable bonds is 5. The maximum absolute atomic E-state index is 12.2. The van der Waals surface area contributed by atoms with E-state index in [0.29, 0.717) is 12.2 Å². The van der Waals surface area contributed by atoms with Crippen LogP contribution in [0.25, 0.3) is 0 Å². The van der Waals surface area contributed by atoms with Crippen LogP contribution in [-0.2, 0) is 22.0 Å². The first-order valence-corrected chi connectivity index (χ1v) is 7.93. The van der Waals surface area contributed by atoms with Crippen molar-refractivity contribution in [3.05, 3.63) is 40.5 Å². The second-order valence-corrected chi connectivity index (χ2v) is 6.56. The van der Waals surface area contributed by atoms with Gasteiger partial charge in [0.25, 0.3) is 0 Å². The Labute approximate surface area is 125 Å². The highest BCUT2D eigenvalue weighted by atomic mass is 35.5. The molecule has 112 valence electrons. The lowest BCUT2D eigenvalue weighted by Gasteiger charge is -2.04. The molecular formula is C12H11ClN2O5S. The summed E-state index contributed by atoms with van der Waals surface area (Å²) < 4.78 is 29.2. The molecule has 0 radical (unpaired) electrons. The Morgan fingerprint density at radius 1 is 1.43 bits per heavy atom. The zero-order valence-electron chi connectivity index (χ0n) is 10.9. The molecule has 21 heavy (non-hydrogen) atoms. The minimum Gasteiger partial charge on any atom is -0.478 e. The van der Waals surface area contributed by atoms with E-state index >= 15 is 0 Å². The Balaban J connectivity index is 2.31. The first-order chi connectivity index (χ1) is 9.83. The van der Waals surface area contributed by atoms with E-state index in [4.69, 9.17) is 21.2 Å². The zero-order valence-corrected chi connectivity index (χ0v) is 12.5. The molecule has 0 atom stereocenters. The van der Waals surface area contributed by atoms with Crippen LogP contribution >= 0.6 is 11.6 Å². The van der Waals surface area contributed by atoms with Crippen molar-refractivity contribution in [1.29, 1.82) is 0 Å². The van der Waals surface area contributed by atoms with Gasteiger partial charge in [-0.2, -0.15) is 4.98 Å². The van der Waals surface area contributed by atoms with E-state index in [2.05, 4.69) is 10.1 Å². The van der Waals surface area contributed by atoms with Crippen LogP contribution in [0.3, 0.4) is 0 Å². The van der Waals surface area contributed by atoms with E-state index < -0.39 is 21.6 Å². The monoisotopic (exact) mass is 330 g/mol. The first kappa shape index (κ1) is 15.5. The van der Waals surface area contributed by atoms with Crippen molar-refractivity contribution in [1.82, 2.24) is 10.1 Å². The van der Waals surface area contributed by atoms with E-state index in [0.717, 1.165) is 12.1 Å². The molecule has 9 heteroatoms. The normalized spacial score (nSPS) is 11.5. The second-order valence-electron chi connectivity index (χ2n) is 4.16. The molecule has 0 aliphatic carbocycles. The molecular weight excluding hydrogens is 320 g/mol. The van der Waals surface area contributed by atoms with Crippen molar-refractivity contribution in [2.24, 2.45) is 0 Å². The lowest BCUT2D eigenvalue weighted by Crippen LogP contribution is -2.07. The molecule has 0 amide bonds. The number of halogens is 1. The zero-order chi connectivity index (χ0) is 15.6. The summed E-state index contributed by atoms with van der Waals surface area (Å²) in [4.78, 5) is 14.7. The summed E-state index contributed by atoms with van der Waals surface area (Å²) in [6.07, 6.45) is 0.530. The largest absolute Gasteiger partial charge is 0.478 e. The number of carboxylic acid groups (broad SMARTS) is 1. The third-order valence-corrected chi connectivity index (χ3v) is 4.58. The number of aromatic nitrogens is 2. The van der Waals surface area contributed by atoms with Gasteiger partial charge in [0.15, 0.2) is 15.7 Å². The van der Waals surface area contributed by atoms with Crippen LogP contribution in [-0.4, -0.2) is 29.6 Å². The van der Waals surface area contributed by atoms with Crippen LogP contribution < -0.4 is 0 Å². The lowest BCUT2D eigenvalue weighted by molar-refractivity contribution is 0.0697. The lowest BCUT2D eigenvalue weighted by atomic mass is 10.2. The molecule has 0 saturated heterocycles. The number of nitrogens with zero attached hydrogens (tertiary/aromatic N) is 2. The minimum atomic E-state index is -3.75. The molecule has 0 bridgehead atoms. The number of carboxylic acids is 1. The van der Waals surface area contributed by atoms with Crippen LogP contribution in [0.5, 0.6) is 0 Å². The summed E-state index contributed by atoms with van der Waals surface area (Å²) in [5.41, 5.74) is -0.165. The molecule has 1 aromatic heterocycles. The highest BCUT2D eigenvalue weighted by molar-refractivity contribution is 7.90. The van der Waals surface area contributed by atoms with E-state index in [-0.39, 0.29) is 21.4 Å². The van der Waals surface area contributed by atoms with Gasteiger partial charge in [0.05, 0.1) is 15.5 Å². The molecule has 2 aromatic rings. The number of sulfone groups is 1. The third-order valence-electron chi connectivity index (χ3n) is 2.67. The van der Waals surface area contributed by atoms with Gasteiger partial charge >= 0.3 is 5.97 Å². The number of hydrogen-bond donors (Lipinski definition) is 1. The van der Waals surface area contributed by atoms with Gasteiger partial charge in [0, 0.05) is 6.42 Å². The fraction of sp³-hybridized carbons (Fsp3) is 0.250. The Hall–Kier alpha value is -1.93. The third kappa shape index (κ3) is 3.40.